The molecular weight excluding hydrogens is 426 g/mol. The SMILES string of the molecule is COc1cccc(CN2CCCN(c3ccc(NC(=O)c4ccc(Cl)cc4)cc3)C2=O)c1. The Morgan fingerprint density at radius 2 is 1.78 bits per heavy atom. The van der Waals surface area contributed by atoms with Crippen molar-refractivity contribution in [2.24, 2.45) is 0 Å². The molecule has 0 aliphatic carbocycles. The predicted molar refractivity (Wildman–Crippen MR) is 127 cm³/mol. The van der Waals surface area contributed by atoms with E-state index in [1.54, 1.807) is 48.4 Å². The van der Waals surface area contributed by atoms with Crippen molar-refractivity contribution in [1.29, 1.82) is 0 Å². The number of halogens is 1. The summed E-state index contributed by atoms with van der Waals surface area (Å²) in [5.74, 6) is 0.563. The van der Waals surface area contributed by atoms with Gasteiger partial charge in [-0.3, -0.25) is 9.69 Å². The molecule has 3 aromatic carbocycles. The summed E-state index contributed by atoms with van der Waals surface area (Å²) < 4.78 is 5.28. The van der Waals surface area contributed by atoms with Gasteiger partial charge in [-0.2, -0.15) is 0 Å². The molecule has 0 atom stereocenters. The highest BCUT2D eigenvalue weighted by Crippen LogP contribution is 2.24. The fourth-order valence-corrected chi connectivity index (χ4v) is 3.81. The van der Waals surface area contributed by atoms with Gasteiger partial charge in [-0.1, -0.05) is 23.7 Å². The van der Waals surface area contributed by atoms with E-state index >= 15 is 0 Å². The molecule has 164 valence electrons. The second-order valence-electron chi connectivity index (χ2n) is 7.57. The lowest BCUT2D eigenvalue weighted by Gasteiger charge is -2.35. The Bertz CT molecular complexity index is 1100. The molecule has 3 amide bonds. The van der Waals surface area contributed by atoms with Crippen LogP contribution in [0.15, 0.2) is 72.8 Å². The number of urea groups is 1. The van der Waals surface area contributed by atoms with Gasteiger partial charge in [-0.05, 0) is 72.6 Å². The van der Waals surface area contributed by atoms with E-state index in [1.165, 1.54) is 0 Å². The molecule has 0 unspecified atom stereocenters. The van der Waals surface area contributed by atoms with Crippen molar-refractivity contribution in [2.45, 2.75) is 13.0 Å². The topological polar surface area (TPSA) is 61.9 Å². The minimum Gasteiger partial charge on any atom is -0.497 e. The maximum atomic E-state index is 13.1. The summed E-state index contributed by atoms with van der Waals surface area (Å²) in [7, 11) is 1.63. The van der Waals surface area contributed by atoms with Gasteiger partial charge in [0.1, 0.15) is 5.75 Å². The van der Waals surface area contributed by atoms with Crippen molar-refractivity contribution in [3.63, 3.8) is 0 Å². The monoisotopic (exact) mass is 449 g/mol. The fraction of sp³-hybridized carbons (Fsp3) is 0.200. The summed E-state index contributed by atoms with van der Waals surface area (Å²) in [6.45, 7) is 1.90. The van der Waals surface area contributed by atoms with Gasteiger partial charge in [-0.15, -0.1) is 0 Å². The van der Waals surface area contributed by atoms with Crippen molar-refractivity contribution in [3.05, 3.63) is 88.9 Å². The van der Waals surface area contributed by atoms with Crippen LogP contribution in [0.3, 0.4) is 0 Å². The molecule has 0 radical (unpaired) electrons. The Hall–Kier alpha value is -3.51. The van der Waals surface area contributed by atoms with Gasteiger partial charge in [0.2, 0.25) is 0 Å². The number of amides is 3. The molecule has 1 fully saturated rings. The Kier molecular flexibility index (Phi) is 6.61. The van der Waals surface area contributed by atoms with Crippen molar-refractivity contribution in [2.75, 3.05) is 30.4 Å². The largest absolute Gasteiger partial charge is 0.497 e. The van der Waals surface area contributed by atoms with E-state index in [-0.39, 0.29) is 11.9 Å². The van der Waals surface area contributed by atoms with Gasteiger partial charge < -0.3 is 15.0 Å². The first-order valence-corrected chi connectivity index (χ1v) is 10.8. The third-order valence-corrected chi connectivity index (χ3v) is 5.61. The number of benzene rings is 3. The van der Waals surface area contributed by atoms with Crippen LogP contribution in [0.25, 0.3) is 0 Å². The van der Waals surface area contributed by atoms with E-state index in [0.29, 0.717) is 35.9 Å². The summed E-state index contributed by atoms with van der Waals surface area (Å²) in [5, 5.41) is 3.44. The molecule has 4 rings (SSSR count). The molecule has 3 aromatic rings. The lowest BCUT2D eigenvalue weighted by Crippen LogP contribution is -2.49. The van der Waals surface area contributed by atoms with Crippen molar-refractivity contribution in [1.82, 2.24) is 4.90 Å². The number of nitrogens with zero attached hydrogens (tertiary/aromatic N) is 2. The molecule has 32 heavy (non-hydrogen) atoms. The second-order valence-corrected chi connectivity index (χ2v) is 8.01. The lowest BCUT2D eigenvalue weighted by molar-refractivity contribution is 0.102. The maximum absolute atomic E-state index is 13.1. The molecule has 0 aromatic heterocycles. The van der Waals surface area contributed by atoms with Crippen LogP contribution in [-0.2, 0) is 6.54 Å². The quantitative estimate of drug-likeness (QED) is 0.545. The fourth-order valence-electron chi connectivity index (χ4n) is 3.69. The number of carbonyl (C=O) groups is 2. The predicted octanol–water partition coefficient (Wildman–Crippen LogP) is 5.43. The van der Waals surface area contributed by atoms with Crippen molar-refractivity contribution in [3.8, 4) is 5.75 Å². The third kappa shape index (κ3) is 5.03. The van der Waals surface area contributed by atoms with Gasteiger partial charge in [0.15, 0.2) is 0 Å². The van der Waals surface area contributed by atoms with E-state index in [2.05, 4.69) is 5.32 Å². The minimum absolute atomic E-state index is 0.0305. The van der Waals surface area contributed by atoms with Crippen LogP contribution in [0.1, 0.15) is 22.3 Å². The van der Waals surface area contributed by atoms with Crippen LogP contribution in [0.5, 0.6) is 5.75 Å². The summed E-state index contributed by atoms with van der Waals surface area (Å²) >= 11 is 5.88. The molecule has 1 saturated heterocycles. The molecule has 0 bridgehead atoms. The zero-order valence-corrected chi connectivity index (χ0v) is 18.5. The first-order valence-electron chi connectivity index (χ1n) is 10.4. The summed E-state index contributed by atoms with van der Waals surface area (Å²) in [6.07, 6.45) is 0.880. The first-order chi connectivity index (χ1) is 15.5. The smallest absolute Gasteiger partial charge is 0.324 e. The van der Waals surface area contributed by atoms with Crippen LogP contribution in [0, 0.1) is 0 Å². The first kappa shape index (κ1) is 21.7. The molecule has 6 nitrogen and oxygen atoms in total. The standard InChI is InChI=1S/C25H24ClN3O3/c1-32-23-5-2-4-18(16-23)17-28-14-3-15-29(25(28)31)22-12-10-21(11-13-22)27-24(30)19-6-8-20(26)9-7-19/h2,4-13,16H,3,14-15,17H2,1H3,(H,27,30). The van der Waals surface area contributed by atoms with E-state index in [4.69, 9.17) is 16.3 Å². The number of anilines is 2. The zero-order valence-electron chi connectivity index (χ0n) is 17.8. The molecule has 7 heteroatoms. The van der Waals surface area contributed by atoms with Gasteiger partial charge in [0.05, 0.1) is 7.11 Å². The van der Waals surface area contributed by atoms with Gasteiger partial charge >= 0.3 is 6.03 Å². The van der Waals surface area contributed by atoms with Crippen molar-refractivity contribution < 1.29 is 14.3 Å². The Morgan fingerprint density at radius 1 is 1.03 bits per heavy atom. The van der Waals surface area contributed by atoms with Gasteiger partial charge in [-0.25, -0.2) is 4.79 Å². The van der Waals surface area contributed by atoms with E-state index in [0.717, 1.165) is 23.4 Å². The van der Waals surface area contributed by atoms with Crippen LogP contribution < -0.4 is 15.0 Å². The molecule has 0 spiro atoms. The van der Waals surface area contributed by atoms with Crippen LogP contribution in [0.2, 0.25) is 5.02 Å². The van der Waals surface area contributed by atoms with E-state index in [9.17, 15) is 9.59 Å². The molecule has 0 saturated carbocycles. The highest BCUT2D eigenvalue weighted by molar-refractivity contribution is 6.30. The molecule has 1 aliphatic rings. The van der Waals surface area contributed by atoms with Crippen LogP contribution in [0.4, 0.5) is 16.2 Å². The highest BCUT2D eigenvalue weighted by atomic mass is 35.5. The number of methoxy groups -OCH3 is 1. The van der Waals surface area contributed by atoms with Crippen molar-refractivity contribution >= 4 is 34.9 Å². The average molecular weight is 450 g/mol. The Morgan fingerprint density at radius 3 is 2.50 bits per heavy atom. The average Bonchev–Trinajstić information content (AvgIpc) is 2.81. The lowest BCUT2D eigenvalue weighted by atomic mass is 10.1. The van der Waals surface area contributed by atoms with E-state index in [1.807, 2.05) is 41.3 Å². The summed E-state index contributed by atoms with van der Waals surface area (Å²) in [6, 6.07) is 21.7. The van der Waals surface area contributed by atoms with Gasteiger partial charge in [0.25, 0.3) is 5.91 Å². The third-order valence-electron chi connectivity index (χ3n) is 5.36. The summed E-state index contributed by atoms with van der Waals surface area (Å²) in [5.41, 5.74) is 3.01. The van der Waals surface area contributed by atoms with Crippen LogP contribution >= 0.6 is 11.6 Å². The number of carbonyl (C=O) groups excluding carboxylic acids is 2. The Labute approximate surface area is 192 Å². The number of ether oxygens (including phenoxy) is 1. The summed E-state index contributed by atoms with van der Waals surface area (Å²) in [4.78, 5) is 29.1. The highest BCUT2D eigenvalue weighted by Gasteiger charge is 2.26. The van der Waals surface area contributed by atoms with E-state index < -0.39 is 0 Å². The Balaban J connectivity index is 1.42. The normalized spacial score (nSPS) is 13.8. The minimum atomic E-state index is -0.215. The van der Waals surface area contributed by atoms with Gasteiger partial charge in [0, 0.05) is 41.6 Å². The molecule has 1 N–H and O–H groups in total. The molecule has 1 aliphatic heterocycles. The number of rotatable bonds is 6. The number of nitrogens with one attached hydrogen (secondary N) is 1. The molecule has 1 heterocycles. The number of hydrogen-bond acceptors (Lipinski definition) is 3. The molecular formula is C25H24ClN3O3. The zero-order chi connectivity index (χ0) is 22.5. The maximum Gasteiger partial charge on any atom is 0.324 e. The second kappa shape index (κ2) is 9.75. The van der Waals surface area contributed by atoms with Crippen LogP contribution in [-0.4, -0.2) is 37.0 Å². The number of hydrogen-bond donors (Lipinski definition) is 1.